The highest BCUT2D eigenvalue weighted by Crippen LogP contribution is 2.23. The van der Waals surface area contributed by atoms with Crippen LogP contribution in [0, 0.1) is 0 Å². The molecule has 4 aromatic carbocycles. The highest BCUT2D eigenvalue weighted by atomic mass is 16.7. The number of methoxy groups -OCH3 is 1. The molecule has 0 saturated heterocycles. The lowest BCUT2D eigenvalue weighted by Gasteiger charge is -2.22. The summed E-state index contributed by atoms with van der Waals surface area (Å²) in [6.07, 6.45) is 2.50. The molecule has 0 aliphatic carbocycles. The standard InChI is InChI=1S/C35H31N5O5/c1-44-28-18-15-25(16-19-28)23-39-32-31(37-38-39)33(41)29-20-17-27(22-30(29)36-34(32)42)40(35(43)26-13-6-3-7-14-26)45-21-9-8-12-24-10-4-2-5-11-24/h2-7,10-11,13-20,22H,8-9,12,21,23H2,1H3,(H,36,42). The molecule has 2 heterocycles. The van der Waals surface area contributed by atoms with E-state index in [1.54, 1.807) is 61.7 Å². The van der Waals surface area contributed by atoms with Crippen LogP contribution in [0.4, 0.5) is 5.69 Å². The normalized spacial score (nSPS) is 11.1. The topological polar surface area (TPSA) is 119 Å². The Balaban J connectivity index is 1.32. The highest BCUT2D eigenvalue weighted by molar-refractivity contribution is 6.05. The predicted octanol–water partition coefficient (Wildman–Crippen LogP) is 5.29. The predicted molar refractivity (Wildman–Crippen MR) is 173 cm³/mol. The second kappa shape index (κ2) is 13.4. The number of amides is 1. The van der Waals surface area contributed by atoms with Crippen molar-refractivity contribution >= 4 is 33.5 Å². The van der Waals surface area contributed by atoms with Gasteiger partial charge >= 0.3 is 0 Å². The van der Waals surface area contributed by atoms with Crippen LogP contribution in [0.15, 0.2) is 113 Å². The molecule has 0 unspecified atom stereocenters. The number of anilines is 1. The number of nitrogens with zero attached hydrogens (tertiary/aromatic N) is 4. The molecule has 10 nitrogen and oxygen atoms in total. The summed E-state index contributed by atoms with van der Waals surface area (Å²) in [4.78, 5) is 49.6. The van der Waals surface area contributed by atoms with Gasteiger partial charge in [-0.2, -0.15) is 5.06 Å². The number of nitrogens with one attached hydrogen (secondary N) is 1. The number of hydrogen-bond donors (Lipinski definition) is 1. The van der Waals surface area contributed by atoms with Crippen LogP contribution in [0.25, 0.3) is 21.9 Å². The van der Waals surface area contributed by atoms with Gasteiger partial charge in [0.1, 0.15) is 5.75 Å². The maximum Gasteiger partial charge on any atom is 0.282 e. The van der Waals surface area contributed by atoms with Crippen LogP contribution in [-0.4, -0.2) is 39.6 Å². The molecule has 6 aromatic rings. The Bertz CT molecular complexity index is 2060. The molecule has 0 atom stereocenters. The molecule has 10 heteroatoms. The average molecular weight is 602 g/mol. The first-order valence-electron chi connectivity index (χ1n) is 14.6. The van der Waals surface area contributed by atoms with Gasteiger partial charge in [-0.1, -0.05) is 65.9 Å². The number of unbranched alkanes of at least 4 members (excludes halogenated alkanes) is 1. The molecule has 45 heavy (non-hydrogen) atoms. The molecular weight excluding hydrogens is 570 g/mol. The molecule has 0 bridgehead atoms. The van der Waals surface area contributed by atoms with Gasteiger partial charge in [0, 0.05) is 10.9 Å². The van der Waals surface area contributed by atoms with Crippen molar-refractivity contribution in [1.82, 2.24) is 20.0 Å². The van der Waals surface area contributed by atoms with Crippen LogP contribution in [0.1, 0.15) is 34.3 Å². The quantitative estimate of drug-likeness (QED) is 0.158. The summed E-state index contributed by atoms with van der Waals surface area (Å²) in [7, 11) is 1.58. The van der Waals surface area contributed by atoms with E-state index in [0.29, 0.717) is 23.6 Å². The largest absolute Gasteiger partial charge is 0.497 e. The van der Waals surface area contributed by atoms with Gasteiger partial charge < -0.3 is 9.72 Å². The minimum absolute atomic E-state index is 0.0422. The van der Waals surface area contributed by atoms with Crippen molar-refractivity contribution in [2.24, 2.45) is 0 Å². The Hall–Kier alpha value is -5.61. The van der Waals surface area contributed by atoms with Crippen LogP contribution in [0.5, 0.6) is 5.75 Å². The smallest absolute Gasteiger partial charge is 0.282 e. The number of aromatic amines is 1. The van der Waals surface area contributed by atoms with E-state index in [0.717, 1.165) is 24.8 Å². The summed E-state index contributed by atoms with van der Waals surface area (Å²) in [5.74, 6) is 0.330. The van der Waals surface area contributed by atoms with E-state index in [2.05, 4.69) is 27.4 Å². The Morgan fingerprint density at radius 3 is 2.33 bits per heavy atom. The molecule has 0 radical (unpaired) electrons. The first-order valence-corrected chi connectivity index (χ1v) is 14.6. The fourth-order valence-electron chi connectivity index (χ4n) is 5.15. The van der Waals surface area contributed by atoms with Crippen molar-refractivity contribution in [2.45, 2.75) is 25.8 Å². The first kappa shape index (κ1) is 29.5. The van der Waals surface area contributed by atoms with Gasteiger partial charge in [-0.25, -0.2) is 4.68 Å². The van der Waals surface area contributed by atoms with Crippen LogP contribution >= 0.6 is 0 Å². The van der Waals surface area contributed by atoms with Gasteiger partial charge in [-0.3, -0.25) is 19.2 Å². The number of hydroxylamine groups is 1. The fraction of sp³-hybridized carbons (Fsp3) is 0.171. The number of carbonyl (C=O) groups excluding carboxylic acids is 1. The van der Waals surface area contributed by atoms with E-state index >= 15 is 0 Å². The van der Waals surface area contributed by atoms with Crippen LogP contribution < -0.4 is 20.8 Å². The van der Waals surface area contributed by atoms with Gasteiger partial charge in [-0.15, -0.1) is 5.10 Å². The zero-order valence-corrected chi connectivity index (χ0v) is 24.7. The van der Waals surface area contributed by atoms with Crippen LogP contribution in [0.3, 0.4) is 0 Å². The summed E-state index contributed by atoms with van der Waals surface area (Å²) in [5.41, 5.74) is 2.18. The Kier molecular flexibility index (Phi) is 8.74. The number of carbonyl (C=O) groups is 1. The van der Waals surface area contributed by atoms with E-state index in [1.165, 1.54) is 15.3 Å². The molecule has 1 amide bonds. The van der Waals surface area contributed by atoms with Crippen molar-refractivity contribution in [1.29, 1.82) is 0 Å². The lowest BCUT2D eigenvalue weighted by molar-refractivity contribution is 0.0638. The molecular formula is C35H31N5O5. The number of aromatic nitrogens is 4. The van der Waals surface area contributed by atoms with Crippen molar-refractivity contribution in [3.05, 3.63) is 140 Å². The first-order chi connectivity index (χ1) is 22.0. The molecule has 226 valence electrons. The minimum Gasteiger partial charge on any atom is -0.497 e. The van der Waals surface area contributed by atoms with Gasteiger partial charge in [0.2, 0.25) is 5.43 Å². The number of hydrogen-bond acceptors (Lipinski definition) is 7. The van der Waals surface area contributed by atoms with Crippen molar-refractivity contribution in [2.75, 3.05) is 18.8 Å². The Morgan fingerprint density at radius 2 is 1.60 bits per heavy atom. The number of ether oxygens (including phenoxy) is 1. The molecule has 0 saturated carbocycles. The number of aryl methyl sites for hydroxylation is 1. The molecule has 6 rings (SSSR count). The van der Waals surface area contributed by atoms with E-state index in [-0.39, 0.29) is 34.4 Å². The Morgan fingerprint density at radius 1 is 0.867 bits per heavy atom. The third kappa shape index (κ3) is 6.51. The number of H-pyrrole nitrogens is 1. The van der Waals surface area contributed by atoms with Crippen molar-refractivity contribution < 1.29 is 14.4 Å². The SMILES string of the molecule is COc1ccc(Cn2nnc3c(=O)c4ccc(N(OCCCCc5ccccc5)C(=O)c5ccccc5)cc4[nH]c(=O)c32)cc1. The van der Waals surface area contributed by atoms with Gasteiger partial charge in [0.15, 0.2) is 11.0 Å². The molecule has 0 fully saturated rings. The maximum atomic E-state index is 13.6. The van der Waals surface area contributed by atoms with E-state index in [4.69, 9.17) is 9.57 Å². The van der Waals surface area contributed by atoms with Crippen molar-refractivity contribution in [3.8, 4) is 5.75 Å². The highest BCUT2D eigenvalue weighted by Gasteiger charge is 2.21. The number of fused-ring (bicyclic) bond motifs is 2. The van der Waals surface area contributed by atoms with Crippen LogP contribution in [0.2, 0.25) is 0 Å². The minimum atomic E-state index is -0.532. The van der Waals surface area contributed by atoms with E-state index in [9.17, 15) is 14.4 Å². The maximum absolute atomic E-state index is 13.6. The number of rotatable bonds is 11. The van der Waals surface area contributed by atoms with E-state index in [1.807, 2.05) is 36.4 Å². The summed E-state index contributed by atoms with van der Waals surface area (Å²) in [5, 5.41) is 9.63. The zero-order valence-electron chi connectivity index (χ0n) is 24.7. The molecule has 0 spiro atoms. The number of benzene rings is 4. The molecule has 0 aliphatic rings. The fourth-order valence-corrected chi connectivity index (χ4v) is 5.15. The molecule has 1 N–H and O–H groups in total. The van der Waals surface area contributed by atoms with Gasteiger partial charge in [0.25, 0.3) is 11.5 Å². The van der Waals surface area contributed by atoms with Crippen LogP contribution in [-0.2, 0) is 17.8 Å². The summed E-state index contributed by atoms with van der Waals surface area (Å²) in [6, 6.07) is 31.1. The summed E-state index contributed by atoms with van der Waals surface area (Å²) >= 11 is 0. The lowest BCUT2D eigenvalue weighted by atomic mass is 10.1. The summed E-state index contributed by atoms with van der Waals surface area (Å²) in [6.45, 7) is 0.524. The summed E-state index contributed by atoms with van der Waals surface area (Å²) < 4.78 is 6.62. The van der Waals surface area contributed by atoms with Gasteiger partial charge in [-0.05, 0) is 72.9 Å². The zero-order chi connectivity index (χ0) is 31.2. The lowest BCUT2D eigenvalue weighted by Crippen LogP contribution is -2.31. The molecule has 2 aromatic heterocycles. The average Bonchev–Trinajstić information content (AvgIpc) is 3.46. The monoisotopic (exact) mass is 601 g/mol. The third-order valence-electron chi connectivity index (χ3n) is 7.52. The van der Waals surface area contributed by atoms with Crippen molar-refractivity contribution in [3.63, 3.8) is 0 Å². The third-order valence-corrected chi connectivity index (χ3v) is 7.52. The second-order valence-corrected chi connectivity index (χ2v) is 10.5. The second-order valence-electron chi connectivity index (χ2n) is 10.5. The molecule has 0 aliphatic heterocycles. The van der Waals surface area contributed by atoms with Gasteiger partial charge in [0.05, 0.1) is 31.5 Å². The van der Waals surface area contributed by atoms with E-state index < -0.39 is 11.0 Å². The Labute approximate surface area is 258 Å².